The maximum Gasteiger partial charge on any atom is 0.255 e. The second-order valence-electron chi connectivity index (χ2n) is 4.60. The molecule has 0 saturated heterocycles. The molecule has 0 spiro atoms. The van der Waals surface area contributed by atoms with Crippen LogP contribution in [0.5, 0.6) is 11.5 Å². The Balaban J connectivity index is 1.84. The Bertz CT molecular complexity index is 829. The number of nitrogens with one attached hydrogen (secondary N) is 1. The minimum Gasteiger partial charge on any atom is -0.493 e. The number of anilines is 1. The molecule has 1 heterocycles. The van der Waals surface area contributed by atoms with Gasteiger partial charge in [0.15, 0.2) is 11.5 Å². The molecule has 0 unspecified atom stereocenters. The van der Waals surface area contributed by atoms with Crippen molar-refractivity contribution in [2.75, 3.05) is 19.5 Å². The van der Waals surface area contributed by atoms with Gasteiger partial charge in [0.05, 0.1) is 18.9 Å². The maximum atomic E-state index is 12.3. The highest BCUT2D eigenvalue weighted by atomic mass is 32.1. The molecule has 2 aromatic carbocycles. The zero-order chi connectivity index (χ0) is 15.5. The molecule has 0 bridgehead atoms. The molecule has 1 amide bonds. The summed E-state index contributed by atoms with van der Waals surface area (Å²) in [5, 5.41) is 3.88. The molecule has 1 N–H and O–H groups in total. The van der Waals surface area contributed by atoms with Crippen molar-refractivity contribution in [3.8, 4) is 11.5 Å². The molecule has 0 aliphatic carbocycles. The summed E-state index contributed by atoms with van der Waals surface area (Å²) >= 11 is 1.43. The molecular weight excluding hydrogens is 300 g/mol. The standard InChI is InChI=1S/C16H14N2O3S/c1-20-13-5-3-10(8-14(13)21-2)16(19)18-12-4-6-15-11(7-12)9-17-22-15/h3-9H,1-2H3,(H,18,19). The normalized spacial score (nSPS) is 10.5. The Morgan fingerprint density at radius 3 is 2.68 bits per heavy atom. The van der Waals surface area contributed by atoms with Crippen LogP contribution in [0.15, 0.2) is 42.6 Å². The summed E-state index contributed by atoms with van der Waals surface area (Å²) in [7, 11) is 3.10. The van der Waals surface area contributed by atoms with Gasteiger partial charge in [-0.25, -0.2) is 0 Å². The van der Waals surface area contributed by atoms with Crippen LogP contribution in [0.1, 0.15) is 10.4 Å². The van der Waals surface area contributed by atoms with Crippen molar-refractivity contribution in [3.63, 3.8) is 0 Å². The number of nitrogens with zero attached hydrogens (tertiary/aromatic N) is 1. The molecule has 3 rings (SSSR count). The molecule has 0 aliphatic rings. The number of hydrogen-bond donors (Lipinski definition) is 1. The van der Waals surface area contributed by atoms with E-state index in [1.807, 2.05) is 18.2 Å². The smallest absolute Gasteiger partial charge is 0.255 e. The number of ether oxygens (including phenoxy) is 2. The Labute approximate surface area is 131 Å². The van der Waals surface area contributed by atoms with E-state index >= 15 is 0 Å². The van der Waals surface area contributed by atoms with Gasteiger partial charge in [-0.1, -0.05) is 0 Å². The molecular formula is C16H14N2O3S. The summed E-state index contributed by atoms with van der Waals surface area (Å²) in [4.78, 5) is 12.3. The van der Waals surface area contributed by atoms with Gasteiger partial charge in [-0.05, 0) is 47.9 Å². The number of rotatable bonds is 4. The fourth-order valence-electron chi connectivity index (χ4n) is 2.13. The third kappa shape index (κ3) is 2.73. The van der Waals surface area contributed by atoms with Crippen LogP contribution in [0.3, 0.4) is 0 Å². The minimum atomic E-state index is -0.205. The summed E-state index contributed by atoms with van der Waals surface area (Å²) in [6, 6.07) is 10.8. The number of carbonyl (C=O) groups is 1. The predicted molar refractivity (Wildman–Crippen MR) is 87.1 cm³/mol. The van der Waals surface area contributed by atoms with Crippen molar-refractivity contribution in [3.05, 3.63) is 48.2 Å². The van der Waals surface area contributed by atoms with Crippen molar-refractivity contribution >= 4 is 33.2 Å². The average Bonchev–Trinajstić information content (AvgIpc) is 3.01. The number of fused-ring (bicyclic) bond motifs is 1. The maximum absolute atomic E-state index is 12.3. The summed E-state index contributed by atoms with van der Waals surface area (Å²) in [6.45, 7) is 0. The number of carbonyl (C=O) groups excluding carboxylic acids is 1. The molecule has 112 valence electrons. The minimum absolute atomic E-state index is 0.205. The summed E-state index contributed by atoms with van der Waals surface area (Å²) < 4.78 is 15.6. The fraction of sp³-hybridized carbons (Fsp3) is 0.125. The van der Waals surface area contributed by atoms with E-state index in [-0.39, 0.29) is 5.91 Å². The Hall–Kier alpha value is -2.60. The first-order valence-electron chi connectivity index (χ1n) is 6.59. The van der Waals surface area contributed by atoms with Crippen LogP contribution in [-0.4, -0.2) is 24.5 Å². The predicted octanol–water partition coefficient (Wildman–Crippen LogP) is 3.57. The van der Waals surface area contributed by atoms with Crippen molar-refractivity contribution in [2.45, 2.75) is 0 Å². The van der Waals surface area contributed by atoms with Gasteiger partial charge in [0.1, 0.15) is 0 Å². The Morgan fingerprint density at radius 1 is 1.09 bits per heavy atom. The van der Waals surface area contributed by atoms with E-state index in [9.17, 15) is 4.79 Å². The number of methoxy groups -OCH3 is 2. The van der Waals surface area contributed by atoms with Crippen molar-refractivity contribution < 1.29 is 14.3 Å². The molecule has 0 fully saturated rings. The van der Waals surface area contributed by atoms with Crippen molar-refractivity contribution in [2.24, 2.45) is 0 Å². The summed E-state index contributed by atoms with van der Waals surface area (Å²) in [5.41, 5.74) is 1.23. The van der Waals surface area contributed by atoms with Crippen LogP contribution in [-0.2, 0) is 0 Å². The topological polar surface area (TPSA) is 60.5 Å². The van der Waals surface area contributed by atoms with Crippen molar-refractivity contribution in [1.29, 1.82) is 0 Å². The zero-order valence-electron chi connectivity index (χ0n) is 12.1. The highest BCUT2D eigenvalue weighted by molar-refractivity contribution is 7.13. The molecule has 6 heteroatoms. The van der Waals surface area contributed by atoms with E-state index in [0.717, 1.165) is 15.8 Å². The highest BCUT2D eigenvalue weighted by Gasteiger charge is 2.11. The highest BCUT2D eigenvalue weighted by Crippen LogP contribution is 2.28. The largest absolute Gasteiger partial charge is 0.493 e. The zero-order valence-corrected chi connectivity index (χ0v) is 12.9. The molecule has 0 aliphatic heterocycles. The number of aromatic nitrogens is 1. The second kappa shape index (κ2) is 6.03. The van der Waals surface area contributed by atoms with Crippen LogP contribution in [0.2, 0.25) is 0 Å². The van der Waals surface area contributed by atoms with Crippen LogP contribution < -0.4 is 14.8 Å². The molecule has 0 radical (unpaired) electrons. The third-order valence-electron chi connectivity index (χ3n) is 3.26. The van der Waals surface area contributed by atoms with Crippen LogP contribution in [0.4, 0.5) is 5.69 Å². The first-order valence-corrected chi connectivity index (χ1v) is 7.36. The molecule has 0 saturated carbocycles. The molecule has 22 heavy (non-hydrogen) atoms. The van der Waals surface area contributed by atoms with Gasteiger partial charge in [-0.3, -0.25) is 4.79 Å². The van der Waals surface area contributed by atoms with Crippen molar-refractivity contribution in [1.82, 2.24) is 4.37 Å². The molecule has 1 aromatic heterocycles. The summed E-state index contributed by atoms with van der Waals surface area (Å²) in [6.07, 6.45) is 1.78. The molecule has 3 aromatic rings. The Kier molecular flexibility index (Phi) is 3.93. The Morgan fingerprint density at radius 2 is 1.91 bits per heavy atom. The van der Waals surface area contributed by atoms with E-state index in [2.05, 4.69) is 9.69 Å². The third-order valence-corrected chi connectivity index (χ3v) is 4.04. The molecule has 0 atom stereocenters. The first kappa shape index (κ1) is 14.3. The van der Waals surface area contributed by atoms with E-state index in [1.54, 1.807) is 31.5 Å². The quantitative estimate of drug-likeness (QED) is 0.800. The monoisotopic (exact) mass is 314 g/mol. The summed E-state index contributed by atoms with van der Waals surface area (Å²) in [5.74, 6) is 0.904. The van der Waals surface area contributed by atoms with Gasteiger partial charge in [-0.2, -0.15) is 4.37 Å². The van der Waals surface area contributed by atoms with Gasteiger partial charge in [0.25, 0.3) is 5.91 Å². The lowest BCUT2D eigenvalue weighted by Crippen LogP contribution is -2.12. The lowest BCUT2D eigenvalue weighted by atomic mass is 10.1. The SMILES string of the molecule is COc1ccc(C(=O)Nc2ccc3sncc3c2)cc1OC. The van der Waals surface area contributed by atoms with Crippen LogP contribution >= 0.6 is 11.5 Å². The lowest BCUT2D eigenvalue weighted by molar-refractivity contribution is 0.102. The number of hydrogen-bond acceptors (Lipinski definition) is 5. The van der Waals surface area contributed by atoms with Gasteiger partial charge in [0.2, 0.25) is 0 Å². The van der Waals surface area contributed by atoms with E-state index < -0.39 is 0 Å². The molecule has 5 nitrogen and oxygen atoms in total. The fourth-order valence-corrected chi connectivity index (χ4v) is 2.76. The number of benzene rings is 2. The first-order chi connectivity index (χ1) is 10.7. The van der Waals surface area contributed by atoms with Gasteiger partial charge >= 0.3 is 0 Å². The number of amides is 1. The van der Waals surface area contributed by atoms with Gasteiger partial charge < -0.3 is 14.8 Å². The van der Waals surface area contributed by atoms with Crippen LogP contribution in [0, 0.1) is 0 Å². The van der Waals surface area contributed by atoms with E-state index in [1.165, 1.54) is 18.6 Å². The van der Waals surface area contributed by atoms with E-state index in [0.29, 0.717) is 17.1 Å². The van der Waals surface area contributed by atoms with Crippen LogP contribution in [0.25, 0.3) is 10.1 Å². The second-order valence-corrected chi connectivity index (χ2v) is 5.44. The van der Waals surface area contributed by atoms with E-state index in [4.69, 9.17) is 9.47 Å². The average molecular weight is 314 g/mol. The lowest BCUT2D eigenvalue weighted by Gasteiger charge is -2.10. The van der Waals surface area contributed by atoms with Gasteiger partial charge in [-0.15, -0.1) is 0 Å². The van der Waals surface area contributed by atoms with Gasteiger partial charge in [0, 0.05) is 22.8 Å².